The maximum absolute atomic E-state index is 5.28. The summed E-state index contributed by atoms with van der Waals surface area (Å²) in [6, 6.07) is 5.98. The zero-order valence-electron chi connectivity index (χ0n) is 12.7. The molecule has 0 fully saturated rings. The molecule has 1 aromatic carbocycles. The second kappa shape index (κ2) is 7.36. The molecule has 0 spiro atoms. The van der Waals surface area contributed by atoms with Crippen LogP contribution in [0.3, 0.4) is 0 Å². The summed E-state index contributed by atoms with van der Waals surface area (Å²) in [6.07, 6.45) is 0. The molecular weight excluding hydrogens is 240 g/mol. The van der Waals surface area contributed by atoms with E-state index >= 15 is 0 Å². The first-order valence-corrected chi connectivity index (χ1v) is 6.63. The molecule has 108 valence electrons. The fourth-order valence-electron chi connectivity index (χ4n) is 1.75. The Hall–Kier alpha value is -1.26. The summed E-state index contributed by atoms with van der Waals surface area (Å²) in [5, 5.41) is 6.85. The van der Waals surface area contributed by atoms with Gasteiger partial charge in [0, 0.05) is 25.2 Å². The second-order valence-electron chi connectivity index (χ2n) is 5.54. The number of rotatable bonds is 7. The molecule has 0 saturated heterocycles. The molecule has 0 aliphatic heterocycles. The van der Waals surface area contributed by atoms with E-state index in [-0.39, 0.29) is 5.54 Å². The SMILES string of the molecule is COc1ccc(CNCCNC(C)(C)C)cc1OC. The monoisotopic (exact) mass is 266 g/mol. The van der Waals surface area contributed by atoms with Crippen molar-refractivity contribution >= 4 is 0 Å². The zero-order chi connectivity index (χ0) is 14.3. The van der Waals surface area contributed by atoms with Crippen LogP contribution < -0.4 is 20.1 Å². The van der Waals surface area contributed by atoms with Gasteiger partial charge in [-0.1, -0.05) is 6.07 Å². The van der Waals surface area contributed by atoms with E-state index in [1.807, 2.05) is 18.2 Å². The first kappa shape index (κ1) is 15.8. The Bertz CT molecular complexity index is 386. The largest absolute Gasteiger partial charge is 0.493 e. The predicted molar refractivity (Wildman–Crippen MR) is 79.0 cm³/mol. The lowest BCUT2D eigenvalue weighted by atomic mass is 10.1. The van der Waals surface area contributed by atoms with Crippen molar-refractivity contribution in [2.75, 3.05) is 27.3 Å². The summed E-state index contributed by atoms with van der Waals surface area (Å²) in [5.41, 5.74) is 1.36. The summed E-state index contributed by atoms with van der Waals surface area (Å²) in [7, 11) is 3.30. The summed E-state index contributed by atoms with van der Waals surface area (Å²) >= 11 is 0. The summed E-state index contributed by atoms with van der Waals surface area (Å²) in [6.45, 7) is 9.22. The molecule has 0 aliphatic carbocycles. The van der Waals surface area contributed by atoms with Crippen molar-refractivity contribution in [1.82, 2.24) is 10.6 Å². The van der Waals surface area contributed by atoms with Gasteiger partial charge in [0.05, 0.1) is 14.2 Å². The highest BCUT2D eigenvalue weighted by molar-refractivity contribution is 5.42. The predicted octanol–water partition coefficient (Wildman–Crippen LogP) is 2.18. The lowest BCUT2D eigenvalue weighted by Gasteiger charge is -2.20. The highest BCUT2D eigenvalue weighted by Crippen LogP contribution is 2.27. The molecule has 1 aromatic rings. The maximum atomic E-state index is 5.28. The molecule has 0 unspecified atom stereocenters. The number of methoxy groups -OCH3 is 2. The van der Waals surface area contributed by atoms with Crippen molar-refractivity contribution in [3.8, 4) is 11.5 Å². The quantitative estimate of drug-likeness (QED) is 0.742. The van der Waals surface area contributed by atoms with Crippen molar-refractivity contribution in [1.29, 1.82) is 0 Å². The average Bonchev–Trinajstić information content (AvgIpc) is 2.36. The van der Waals surface area contributed by atoms with Gasteiger partial charge in [-0.3, -0.25) is 0 Å². The van der Waals surface area contributed by atoms with Gasteiger partial charge in [-0.15, -0.1) is 0 Å². The van der Waals surface area contributed by atoms with Gasteiger partial charge in [0.15, 0.2) is 11.5 Å². The Morgan fingerprint density at radius 2 is 1.68 bits per heavy atom. The van der Waals surface area contributed by atoms with Crippen LogP contribution in [0, 0.1) is 0 Å². The normalized spacial score (nSPS) is 11.4. The van der Waals surface area contributed by atoms with Gasteiger partial charge in [-0.2, -0.15) is 0 Å². The first-order valence-electron chi connectivity index (χ1n) is 6.63. The molecule has 4 heteroatoms. The van der Waals surface area contributed by atoms with E-state index in [0.717, 1.165) is 31.1 Å². The topological polar surface area (TPSA) is 42.5 Å². The smallest absolute Gasteiger partial charge is 0.161 e. The van der Waals surface area contributed by atoms with E-state index in [4.69, 9.17) is 9.47 Å². The minimum atomic E-state index is 0.172. The van der Waals surface area contributed by atoms with Gasteiger partial charge in [-0.05, 0) is 38.5 Å². The van der Waals surface area contributed by atoms with Crippen LogP contribution in [0.15, 0.2) is 18.2 Å². The van der Waals surface area contributed by atoms with Crippen LogP contribution in [-0.2, 0) is 6.54 Å². The molecule has 0 atom stereocenters. The first-order chi connectivity index (χ1) is 8.96. The van der Waals surface area contributed by atoms with Gasteiger partial charge in [0.1, 0.15) is 0 Å². The van der Waals surface area contributed by atoms with E-state index < -0.39 is 0 Å². The van der Waals surface area contributed by atoms with Crippen molar-refractivity contribution in [3.05, 3.63) is 23.8 Å². The van der Waals surface area contributed by atoms with E-state index in [2.05, 4.69) is 31.4 Å². The number of benzene rings is 1. The van der Waals surface area contributed by atoms with Crippen molar-refractivity contribution < 1.29 is 9.47 Å². The minimum absolute atomic E-state index is 0.172. The van der Waals surface area contributed by atoms with Crippen LogP contribution in [-0.4, -0.2) is 32.8 Å². The van der Waals surface area contributed by atoms with Crippen LogP contribution in [0.5, 0.6) is 11.5 Å². The molecule has 0 amide bonds. The second-order valence-corrected chi connectivity index (χ2v) is 5.54. The van der Waals surface area contributed by atoms with E-state index in [1.54, 1.807) is 14.2 Å². The van der Waals surface area contributed by atoms with E-state index in [0.29, 0.717) is 0 Å². The lowest BCUT2D eigenvalue weighted by molar-refractivity contribution is 0.354. The number of ether oxygens (including phenoxy) is 2. The van der Waals surface area contributed by atoms with Crippen LogP contribution in [0.2, 0.25) is 0 Å². The zero-order valence-corrected chi connectivity index (χ0v) is 12.7. The third-order valence-electron chi connectivity index (χ3n) is 2.73. The van der Waals surface area contributed by atoms with Crippen LogP contribution in [0.4, 0.5) is 0 Å². The van der Waals surface area contributed by atoms with Gasteiger partial charge in [-0.25, -0.2) is 0 Å². The van der Waals surface area contributed by atoms with Gasteiger partial charge in [0.25, 0.3) is 0 Å². The van der Waals surface area contributed by atoms with E-state index in [1.165, 1.54) is 5.56 Å². The Kier molecular flexibility index (Phi) is 6.12. The summed E-state index contributed by atoms with van der Waals surface area (Å²) < 4.78 is 10.5. The van der Waals surface area contributed by atoms with Crippen LogP contribution in [0.25, 0.3) is 0 Å². The molecule has 0 bridgehead atoms. The lowest BCUT2D eigenvalue weighted by Crippen LogP contribution is -2.40. The Morgan fingerprint density at radius 3 is 2.26 bits per heavy atom. The molecular formula is C15H26N2O2. The molecule has 4 nitrogen and oxygen atoms in total. The standard InChI is InChI=1S/C15H26N2O2/c1-15(2,3)17-9-8-16-11-12-6-7-13(18-4)14(10-12)19-5/h6-7,10,16-17H,8-9,11H2,1-5H3. The van der Waals surface area contributed by atoms with Gasteiger partial charge in [0.2, 0.25) is 0 Å². The average molecular weight is 266 g/mol. The number of hydrogen-bond acceptors (Lipinski definition) is 4. The maximum Gasteiger partial charge on any atom is 0.161 e. The summed E-state index contributed by atoms with van der Waals surface area (Å²) in [5.74, 6) is 1.54. The molecule has 19 heavy (non-hydrogen) atoms. The van der Waals surface area contributed by atoms with Crippen molar-refractivity contribution in [2.24, 2.45) is 0 Å². The Labute approximate surface area is 116 Å². The van der Waals surface area contributed by atoms with Crippen LogP contribution in [0.1, 0.15) is 26.3 Å². The van der Waals surface area contributed by atoms with Gasteiger partial charge < -0.3 is 20.1 Å². The fourth-order valence-corrected chi connectivity index (χ4v) is 1.75. The van der Waals surface area contributed by atoms with Crippen LogP contribution >= 0.6 is 0 Å². The van der Waals surface area contributed by atoms with E-state index in [9.17, 15) is 0 Å². The molecule has 0 radical (unpaired) electrons. The minimum Gasteiger partial charge on any atom is -0.493 e. The Balaban J connectivity index is 2.37. The molecule has 2 N–H and O–H groups in total. The number of nitrogens with one attached hydrogen (secondary N) is 2. The van der Waals surface area contributed by atoms with Gasteiger partial charge >= 0.3 is 0 Å². The van der Waals surface area contributed by atoms with Crippen molar-refractivity contribution in [3.63, 3.8) is 0 Å². The van der Waals surface area contributed by atoms with Crippen molar-refractivity contribution in [2.45, 2.75) is 32.9 Å². The third kappa shape index (κ3) is 5.94. The Morgan fingerprint density at radius 1 is 1.00 bits per heavy atom. The third-order valence-corrected chi connectivity index (χ3v) is 2.73. The fraction of sp³-hybridized carbons (Fsp3) is 0.600. The number of hydrogen-bond donors (Lipinski definition) is 2. The molecule has 0 aromatic heterocycles. The molecule has 0 saturated carbocycles. The molecule has 0 heterocycles. The highest BCUT2D eigenvalue weighted by Gasteiger charge is 2.07. The molecule has 0 aliphatic rings. The summed E-state index contributed by atoms with van der Waals surface area (Å²) in [4.78, 5) is 0. The highest BCUT2D eigenvalue weighted by atomic mass is 16.5. The molecule has 1 rings (SSSR count).